The third-order valence-corrected chi connectivity index (χ3v) is 6.81. The second-order valence-corrected chi connectivity index (χ2v) is 9.46. The first-order valence-corrected chi connectivity index (χ1v) is 12.4. The average Bonchev–Trinajstić information content (AvgIpc) is 3.55. The minimum Gasteiger partial charge on any atom is -0.467 e. The Labute approximate surface area is 216 Å². The van der Waals surface area contributed by atoms with Crippen LogP contribution in [-0.2, 0) is 22.4 Å². The maximum atomic E-state index is 12.4. The van der Waals surface area contributed by atoms with Gasteiger partial charge in [0.2, 0.25) is 0 Å². The summed E-state index contributed by atoms with van der Waals surface area (Å²) >= 11 is 1.78. The number of methoxy groups -OCH3 is 1. The van der Waals surface area contributed by atoms with Gasteiger partial charge in [-0.1, -0.05) is 42.5 Å². The van der Waals surface area contributed by atoms with Crippen LogP contribution < -0.4 is 21.0 Å². The van der Waals surface area contributed by atoms with Gasteiger partial charge in [0.25, 0.3) is 0 Å². The second-order valence-electron chi connectivity index (χ2n) is 8.29. The van der Waals surface area contributed by atoms with Crippen molar-refractivity contribution < 1.29 is 27.4 Å². The molecule has 4 rings (SSSR count). The largest absolute Gasteiger partial charge is 0.573 e. The molecule has 0 bridgehead atoms. The summed E-state index contributed by atoms with van der Waals surface area (Å²) < 4.78 is 46.0. The number of hydrogen-bond donors (Lipinski definition) is 3. The Morgan fingerprint density at radius 2 is 1.84 bits per heavy atom. The van der Waals surface area contributed by atoms with Crippen LogP contribution in [0.15, 0.2) is 78.6 Å². The first-order valence-electron chi connectivity index (χ1n) is 11.6. The van der Waals surface area contributed by atoms with Gasteiger partial charge in [0.05, 0.1) is 12.8 Å². The van der Waals surface area contributed by atoms with E-state index in [0.29, 0.717) is 12.1 Å². The molecule has 0 fully saturated rings. The third kappa shape index (κ3) is 7.72. The second kappa shape index (κ2) is 12.1. The van der Waals surface area contributed by atoms with Crippen LogP contribution in [0, 0.1) is 0 Å². The molecule has 0 saturated heterocycles. The molecule has 2 aromatic carbocycles. The number of alkyl halides is 3. The van der Waals surface area contributed by atoms with Crippen LogP contribution in [0.25, 0.3) is 10.4 Å². The zero-order chi connectivity index (χ0) is 26.3. The first kappa shape index (κ1) is 26.5. The van der Waals surface area contributed by atoms with Crippen molar-refractivity contribution in [2.75, 3.05) is 20.2 Å². The molecule has 37 heavy (non-hydrogen) atoms. The number of ether oxygens (including phenoxy) is 2. The average molecular weight is 533 g/mol. The summed E-state index contributed by atoms with van der Waals surface area (Å²) in [6.45, 7) is 1.33. The van der Waals surface area contributed by atoms with E-state index in [0.717, 1.165) is 18.7 Å². The summed E-state index contributed by atoms with van der Waals surface area (Å²) in [6, 6.07) is 19.2. The Morgan fingerprint density at radius 1 is 1.08 bits per heavy atom. The highest BCUT2D eigenvalue weighted by atomic mass is 32.1. The van der Waals surface area contributed by atoms with Crippen molar-refractivity contribution in [3.05, 3.63) is 89.1 Å². The molecular weight excluding hydrogens is 505 g/mol. The maximum absolute atomic E-state index is 12.4. The Morgan fingerprint density at radius 3 is 2.54 bits per heavy atom. The fourth-order valence-electron chi connectivity index (χ4n) is 3.81. The molecule has 0 radical (unpaired) electrons. The smallest absolute Gasteiger partial charge is 0.467 e. The molecule has 0 saturated carbocycles. The summed E-state index contributed by atoms with van der Waals surface area (Å²) in [7, 11) is 1.29. The van der Waals surface area contributed by atoms with Crippen LogP contribution in [-0.4, -0.2) is 43.6 Å². The number of hydrogen-bond acceptors (Lipinski definition) is 8. The van der Waals surface area contributed by atoms with Crippen molar-refractivity contribution in [2.45, 2.75) is 25.2 Å². The Balaban J connectivity index is 1.28. The van der Waals surface area contributed by atoms with Crippen molar-refractivity contribution in [3.8, 4) is 16.2 Å². The predicted molar refractivity (Wildman–Crippen MR) is 135 cm³/mol. The molecule has 196 valence electrons. The van der Waals surface area contributed by atoms with Gasteiger partial charge in [-0.15, -0.1) is 30.0 Å². The van der Waals surface area contributed by atoms with E-state index in [1.165, 1.54) is 46.7 Å². The number of carbonyl (C=O) groups is 1. The lowest BCUT2D eigenvalue weighted by molar-refractivity contribution is -0.274. The van der Waals surface area contributed by atoms with Gasteiger partial charge in [-0.05, 0) is 41.8 Å². The number of halogens is 3. The van der Waals surface area contributed by atoms with Gasteiger partial charge < -0.3 is 20.2 Å². The van der Waals surface area contributed by atoms with Crippen molar-refractivity contribution in [1.29, 1.82) is 0 Å². The predicted octanol–water partition coefficient (Wildman–Crippen LogP) is 4.40. The summed E-state index contributed by atoms with van der Waals surface area (Å²) in [6.07, 6.45) is -1.88. The van der Waals surface area contributed by atoms with E-state index in [1.807, 2.05) is 18.2 Å². The van der Waals surface area contributed by atoms with E-state index in [-0.39, 0.29) is 12.2 Å². The highest BCUT2D eigenvalue weighted by molar-refractivity contribution is 7.15. The fraction of sp³-hybridized carbons (Fsp3) is 0.269. The highest BCUT2D eigenvalue weighted by Crippen LogP contribution is 2.28. The maximum Gasteiger partial charge on any atom is 0.573 e. The molecule has 0 amide bonds. The number of benzene rings is 2. The zero-order valence-corrected chi connectivity index (χ0v) is 20.9. The van der Waals surface area contributed by atoms with E-state index in [9.17, 15) is 18.0 Å². The fourth-order valence-corrected chi connectivity index (χ4v) is 4.83. The molecule has 1 aromatic heterocycles. The minimum absolute atomic E-state index is 0.215. The molecule has 1 aliphatic rings. The van der Waals surface area contributed by atoms with Gasteiger partial charge in [0.1, 0.15) is 11.8 Å². The van der Waals surface area contributed by atoms with Crippen molar-refractivity contribution >= 4 is 17.3 Å². The van der Waals surface area contributed by atoms with E-state index >= 15 is 0 Å². The van der Waals surface area contributed by atoms with Crippen molar-refractivity contribution in [3.63, 3.8) is 0 Å². The topological polar surface area (TPSA) is 74.9 Å². The molecule has 0 unspecified atom stereocenters. The molecule has 0 aliphatic carbocycles. The molecule has 1 atom stereocenters. The first-order chi connectivity index (χ1) is 17.8. The molecule has 2 heterocycles. The Bertz CT molecular complexity index is 1200. The molecule has 0 spiro atoms. The number of nitrogens with zero attached hydrogens (tertiary/aromatic N) is 1. The van der Waals surface area contributed by atoms with Crippen LogP contribution in [0.3, 0.4) is 0 Å². The van der Waals surface area contributed by atoms with E-state index < -0.39 is 18.4 Å². The summed E-state index contributed by atoms with van der Waals surface area (Å²) in [5.74, 6) is -0.804. The number of thiophene rings is 1. The summed E-state index contributed by atoms with van der Waals surface area (Å²) in [4.78, 5) is 15.0. The Hall–Kier alpha value is -3.54. The van der Waals surface area contributed by atoms with Crippen LogP contribution in [0.2, 0.25) is 0 Å². The third-order valence-electron chi connectivity index (χ3n) is 5.62. The van der Waals surface area contributed by atoms with Crippen molar-refractivity contribution in [1.82, 2.24) is 21.3 Å². The van der Waals surface area contributed by atoms with Gasteiger partial charge in [0.15, 0.2) is 0 Å². The van der Waals surface area contributed by atoms with Crippen LogP contribution in [0.1, 0.15) is 10.4 Å². The van der Waals surface area contributed by atoms with Crippen LogP contribution in [0.4, 0.5) is 13.2 Å². The SMILES string of the molecule is COC(=O)[C@H](Cc1ccc(OC(F)(F)F)cc1)N1C=C(CNCCc2ccc(-c3ccccc3)s2)NN1. The van der Waals surface area contributed by atoms with Gasteiger partial charge in [-0.25, -0.2) is 4.79 Å². The zero-order valence-electron chi connectivity index (χ0n) is 20.0. The number of carbonyl (C=O) groups excluding carboxylic acids is 1. The lowest BCUT2D eigenvalue weighted by Gasteiger charge is -2.25. The number of nitrogens with one attached hydrogen (secondary N) is 3. The summed E-state index contributed by atoms with van der Waals surface area (Å²) in [5.41, 5.74) is 8.67. The van der Waals surface area contributed by atoms with Gasteiger partial charge in [-0.3, -0.25) is 5.01 Å². The van der Waals surface area contributed by atoms with E-state index in [1.54, 1.807) is 22.5 Å². The lowest BCUT2D eigenvalue weighted by Crippen LogP contribution is -2.48. The lowest BCUT2D eigenvalue weighted by atomic mass is 10.1. The molecule has 3 N–H and O–H groups in total. The van der Waals surface area contributed by atoms with E-state index in [2.05, 4.69) is 45.3 Å². The number of hydrazine groups is 2. The highest BCUT2D eigenvalue weighted by Gasteiger charge is 2.31. The monoisotopic (exact) mass is 532 g/mol. The quantitative estimate of drug-likeness (QED) is 0.250. The minimum atomic E-state index is -4.76. The molecular formula is C26H27F3N4O3S. The van der Waals surface area contributed by atoms with Crippen molar-refractivity contribution in [2.24, 2.45) is 0 Å². The molecule has 3 aromatic rings. The summed E-state index contributed by atoms with van der Waals surface area (Å²) in [5, 5.41) is 4.98. The molecule has 7 nitrogen and oxygen atoms in total. The standard InChI is InChI=1S/C26H27F3N4O3S/c1-35-25(34)23(15-18-7-9-21(10-8-18)36-26(27,28)29)33-17-20(31-32-33)16-30-14-13-22-11-12-24(37-22)19-5-3-2-4-6-19/h2-12,17,23,30-32H,13-16H2,1H3/t23-/m0/s1. The van der Waals surface area contributed by atoms with Gasteiger partial charge >= 0.3 is 12.3 Å². The Kier molecular flexibility index (Phi) is 8.70. The van der Waals surface area contributed by atoms with Gasteiger partial charge in [0, 0.05) is 35.5 Å². The normalized spacial score (nSPS) is 14.2. The van der Waals surface area contributed by atoms with Crippen LogP contribution in [0.5, 0.6) is 5.75 Å². The van der Waals surface area contributed by atoms with E-state index in [4.69, 9.17) is 4.74 Å². The number of rotatable bonds is 11. The molecule has 11 heteroatoms. The number of esters is 1. The molecule has 1 aliphatic heterocycles. The van der Waals surface area contributed by atoms with Crippen LogP contribution >= 0.6 is 11.3 Å². The van der Waals surface area contributed by atoms with Gasteiger partial charge in [-0.2, -0.15) is 0 Å².